The van der Waals surface area contributed by atoms with E-state index in [0.717, 1.165) is 6.42 Å². The van der Waals surface area contributed by atoms with Crippen LogP contribution in [0.2, 0.25) is 5.15 Å². The SMILES string of the molecule is CCCNC(=O)CCNC(=O)c1cnc(Cl)cn1. The highest BCUT2D eigenvalue weighted by molar-refractivity contribution is 6.29. The number of amides is 2. The van der Waals surface area contributed by atoms with Crippen molar-refractivity contribution in [2.24, 2.45) is 0 Å². The van der Waals surface area contributed by atoms with Crippen LogP contribution in [0.5, 0.6) is 0 Å². The zero-order valence-electron chi connectivity index (χ0n) is 10.1. The van der Waals surface area contributed by atoms with Crippen molar-refractivity contribution in [2.75, 3.05) is 13.1 Å². The van der Waals surface area contributed by atoms with Crippen molar-refractivity contribution < 1.29 is 9.59 Å². The Bertz CT molecular complexity index is 408. The molecule has 1 aromatic rings. The first-order valence-electron chi connectivity index (χ1n) is 5.66. The van der Waals surface area contributed by atoms with E-state index in [2.05, 4.69) is 20.6 Å². The van der Waals surface area contributed by atoms with Crippen LogP contribution in [-0.4, -0.2) is 34.9 Å². The van der Waals surface area contributed by atoms with Gasteiger partial charge in [0, 0.05) is 19.5 Å². The second-order valence-corrected chi connectivity index (χ2v) is 3.97. The lowest BCUT2D eigenvalue weighted by Crippen LogP contribution is -2.31. The van der Waals surface area contributed by atoms with Gasteiger partial charge < -0.3 is 10.6 Å². The molecule has 0 saturated carbocycles. The second-order valence-electron chi connectivity index (χ2n) is 3.58. The van der Waals surface area contributed by atoms with Gasteiger partial charge in [-0.2, -0.15) is 0 Å². The summed E-state index contributed by atoms with van der Waals surface area (Å²) in [5.74, 6) is -0.457. The average Bonchev–Trinajstić information content (AvgIpc) is 2.37. The molecule has 0 radical (unpaired) electrons. The van der Waals surface area contributed by atoms with E-state index in [0.29, 0.717) is 6.54 Å². The van der Waals surface area contributed by atoms with Gasteiger partial charge in [0.2, 0.25) is 5.91 Å². The molecule has 0 aliphatic heterocycles. The van der Waals surface area contributed by atoms with Crippen LogP contribution in [-0.2, 0) is 4.79 Å². The lowest BCUT2D eigenvalue weighted by atomic mass is 10.3. The Morgan fingerprint density at radius 2 is 2.00 bits per heavy atom. The first-order chi connectivity index (χ1) is 8.63. The van der Waals surface area contributed by atoms with Crippen LogP contribution in [0.4, 0.5) is 0 Å². The molecule has 1 rings (SSSR count). The lowest BCUT2D eigenvalue weighted by Gasteiger charge is -2.05. The molecule has 0 unspecified atom stereocenters. The maximum atomic E-state index is 11.6. The molecule has 0 spiro atoms. The zero-order chi connectivity index (χ0) is 13.4. The molecule has 7 heteroatoms. The number of nitrogens with one attached hydrogen (secondary N) is 2. The van der Waals surface area contributed by atoms with E-state index in [1.54, 1.807) is 0 Å². The van der Waals surface area contributed by atoms with Crippen molar-refractivity contribution in [3.8, 4) is 0 Å². The second kappa shape index (κ2) is 7.60. The molecule has 6 nitrogen and oxygen atoms in total. The molecular weight excluding hydrogens is 256 g/mol. The number of carbonyl (C=O) groups excluding carboxylic acids is 2. The predicted molar refractivity (Wildman–Crippen MR) is 67.3 cm³/mol. The minimum atomic E-state index is -0.373. The fourth-order valence-corrected chi connectivity index (χ4v) is 1.26. The predicted octanol–water partition coefficient (Wildman–Crippen LogP) is 0.776. The largest absolute Gasteiger partial charge is 0.356 e. The molecule has 0 aliphatic carbocycles. The maximum absolute atomic E-state index is 11.6. The van der Waals surface area contributed by atoms with Gasteiger partial charge in [-0.05, 0) is 6.42 Å². The van der Waals surface area contributed by atoms with Crippen LogP contribution in [0, 0.1) is 0 Å². The number of hydrogen-bond donors (Lipinski definition) is 2. The van der Waals surface area contributed by atoms with Crippen molar-refractivity contribution in [2.45, 2.75) is 19.8 Å². The molecule has 0 fully saturated rings. The third kappa shape index (κ3) is 5.09. The van der Waals surface area contributed by atoms with Gasteiger partial charge in [-0.15, -0.1) is 0 Å². The van der Waals surface area contributed by atoms with Gasteiger partial charge in [0.05, 0.1) is 12.4 Å². The van der Waals surface area contributed by atoms with Crippen LogP contribution in [0.15, 0.2) is 12.4 Å². The summed E-state index contributed by atoms with van der Waals surface area (Å²) in [6, 6.07) is 0. The van der Waals surface area contributed by atoms with Crippen LogP contribution in [0.25, 0.3) is 0 Å². The van der Waals surface area contributed by atoms with Gasteiger partial charge in [-0.25, -0.2) is 9.97 Å². The van der Waals surface area contributed by atoms with Crippen LogP contribution in [0.1, 0.15) is 30.3 Å². The molecule has 0 bridgehead atoms. The molecule has 0 atom stereocenters. The van der Waals surface area contributed by atoms with Gasteiger partial charge in [0.1, 0.15) is 10.8 Å². The van der Waals surface area contributed by atoms with Gasteiger partial charge in [0.25, 0.3) is 5.91 Å². The monoisotopic (exact) mass is 270 g/mol. The first-order valence-corrected chi connectivity index (χ1v) is 6.03. The van der Waals surface area contributed by atoms with E-state index in [4.69, 9.17) is 11.6 Å². The molecule has 0 saturated heterocycles. The summed E-state index contributed by atoms with van der Waals surface area (Å²) < 4.78 is 0. The van der Waals surface area contributed by atoms with Gasteiger partial charge in [0.15, 0.2) is 0 Å². The normalized spacial score (nSPS) is 9.89. The minimum Gasteiger partial charge on any atom is -0.356 e. The average molecular weight is 271 g/mol. The zero-order valence-corrected chi connectivity index (χ0v) is 10.8. The Balaban J connectivity index is 2.29. The van der Waals surface area contributed by atoms with Crippen molar-refractivity contribution in [3.63, 3.8) is 0 Å². The molecular formula is C11H15ClN4O2. The van der Waals surface area contributed by atoms with Gasteiger partial charge in [-0.3, -0.25) is 9.59 Å². The van der Waals surface area contributed by atoms with E-state index >= 15 is 0 Å². The Kier molecular flexibility index (Phi) is 6.07. The highest BCUT2D eigenvalue weighted by atomic mass is 35.5. The third-order valence-corrected chi connectivity index (χ3v) is 2.26. The number of halogens is 1. The summed E-state index contributed by atoms with van der Waals surface area (Å²) >= 11 is 5.55. The number of aromatic nitrogens is 2. The Hall–Kier alpha value is -1.69. The van der Waals surface area contributed by atoms with Crippen LogP contribution >= 0.6 is 11.6 Å². The van der Waals surface area contributed by atoms with Crippen LogP contribution in [0.3, 0.4) is 0 Å². The van der Waals surface area contributed by atoms with E-state index in [1.807, 2.05) is 6.92 Å². The fraction of sp³-hybridized carbons (Fsp3) is 0.455. The van der Waals surface area contributed by atoms with E-state index < -0.39 is 0 Å². The van der Waals surface area contributed by atoms with E-state index in [1.165, 1.54) is 12.4 Å². The third-order valence-electron chi connectivity index (χ3n) is 2.06. The van der Waals surface area contributed by atoms with Gasteiger partial charge >= 0.3 is 0 Å². The highest BCUT2D eigenvalue weighted by Crippen LogP contribution is 2.00. The van der Waals surface area contributed by atoms with Crippen molar-refractivity contribution in [3.05, 3.63) is 23.2 Å². The molecule has 98 valence electrons. The van der Waals surface area contributed by atoms with Gasteiger partial charge in [-0.1, -0.05) is 18.5 Å². The molecule has 2 N–H and O–H groups in total. The Morgan fingerprint density at radius 3 is 2.61 bits per heavy atom. The summed E-state index contributed by atoms with van der Waals surface area (Å²) in [6.45, 7) is 2.88. The molecule has 0 aromatic carbocycles. The van der Waals surface area contributed by atoms with Crippen LogP contribution < -0.4 is 10.6 Å². The smallest absolute Gasteiger partial charge is 0.271 e. The highest BCUT2D eigenvalue weighted by Gasteiger charge is 2.08. The van der Waals surface area contributed by atoms with E-state index in [9.17, 15) is 9.59 Å². The first kappa shape index (κ1) is 14.4. The number of nitrogens with zero attached hydrogens (tertiary/aromatic N) is 2. The number of carbonyl (C=O) groups is 2. The van der Waals surface area contributed by atoms with E-state index in [-0.39, 0.29) is 35.6 Å². The quantitative estimate of drug-likeness (QED) is 0.800. The summed E-state index contributed by atoms with van der Waals surface area (Å²) in [4.78, 5) is 30.4. The summed E-state index contributed by atoms with van der Waals surface area (Å²) in [6.07, 6.45) is 3.71. The summed E-state index contributed by atoms with van der Waals surface area (Å²) in [5, 5.41) is 5.53. The van der Waals surface area contributed by atoms with Crippen molar-refractivity contribution in [1.29, 1.82) is 0 Å². The Morgan fingerprint density at radius 1 is 1.22 bits per heavy atom. The molecule has 2 amide bonds. The fourth-order valence-electron chi connectivity index (χ4n) is 1.16. The molecule has 1 aromatic heterocycles. The number of rotatable bonds is 6. The van der Waals surface area contributed by atoms with Crippen molar-refractivity contribution in [1.82, 2.24) is 20.6 Å². The standard InChI is InChI=1S/C11H15ClN4O2/c1-2-4-13-10(17)3-5-14-11(18)8-6-16-9(12)7-15-8/h6-7H,2-5H2,1H3,(H,13,17)(H,14,18). The summed E-state index contributed by atoms with van der Waals surface area (Å²) in [7, 11) is 0. The minimum absolute atomic E-state index is 0.0839. The molecule has 0 aliphatic rings. The molecule has 1 heterocycles. The lowest BCUT2D eigenvalue weighted by molar-refractivity contribution is -0.120. The Labute approximate surface area is 110 Å². The topological polar surface area (TPSA) is 84.0 Å². The number of hydrogen-bond acceptors (Lipinski definition) is 4. The van der Waals surface area contributed by atoms with Crippen molar-refractivity contribution >= 4 is 23.4 Å². The maximum Gasteiger partial charge on any atom is 0.271 e. The molecule has 18 heavy (non-hydrogen) atoms. The summed E-state index contributed by atoms with van der Waals surface area (Å²) in [5.41, 5.74) is 0.174.